The van der Waals surface area contributed by atoms with Crippen LogP contribution in [0.1, 0.15) is 22.2 Å². The molecule has 18 heavy (non-hydrogen) atoms. The molecule has 1 nitrogen and oxygen atoms in total. The number of aliphatic hydroxyl groups is 1. The van der Waals surface area contributed by atoms with Crippen LogP contribution in [0.25, 0.3) is 0 Å². The van der Waals surface area contributed by atoms with Crippen LogP contribution in [0.4, 0.5) is 4.39 Å². The Morgan fingerprint density at radius 1 is 1.11 bits per heavy atom. The zero-order chi connectivity index (χ0) is 13.0. The summed E-state index contributed by atoms with van der Waals surface area (Å²) in [6.07, 6.45) is 1.46. The Kier molecular flexibility index (Phi) is 4.50. The Hall–Kier alpha value is -1.19. The minimum absolute atomic E-state index is 0.239. The van der Waals surface area contributed by atoms with Crippen LogP contribution in [0.3, 0.4) is 0 Å². The van der Waals surface area contributed by atoms with Gasteiger partial charge >= 0.3 is 0 Å². The van der Waals surface area contributed by atoms with Crippen molar-refractivity contribution in [2.45, 2.75) is 32.3 Å². The second-order valence-electron chi connectivity index (χ2n) is 4.38. The molecule has 0 aliphatic carbocycles. The van der Waals surface area contributed by atoms with Crippen LogP contribution in [-0.2, 0) is 19.3 Å². The van der Waals surface area contributed by atoms with E-state index in [9.17, 15) is 9.50 Å². The van der Waals surface area contributed by atoms with Crippen LogP contribution < -0.4 is 0 Å². The average Bonchev–Trinajstić information content (AvgIpc) is 2.80. The van der Waals surface area contributed by atoms with Crippen LogP contribution in [0.5, 0.6) is 0 Å². The minimum atomic E-state index is -0.523. The number of hydrogen-bond acceptors (Lipinski definition) is 2. The molecule has 96 valence electrons. The number of aliphatic hydroxyl groups excluding tert-OH is 1. The predicted octanol–water partition coefficient (Wildman–Crippen LogP) is 3.60. The van der Waals surface area contributed by atoms with Gasteiger partial charge in [0.05, 0.1) is 6.10 Å². The van der Waals surface area contributed by atoms with E-state index in [4.69, 9.17) is 0 Å². The van der Waals surface area contributed by atoms with Crippen molar-refractivity contribution in [2.75, 3.05) is 0 Å². The van der Waals surface area contributed by atoms with Crippen LogP contribution >= 0.6 is 11.3 Å². The van der Waals surface area contributed by atoms with Gasteiger partial charge in [-0.25, -0.2) is 4.39 Å². The second kappa shape index (κ2) is 6.12. The standard InChI is InChI=1S/C15H17FOS/c1-2-13-7-8-14(18-13)10-12(17)9-11-5-3-4-6-15(11)16/h3-8,12,17H,2,9-10H2,1H3. The Labute approximate surface area is 111 Å². The Morgan fingerprint density at radius 2 is 1.83 bits per heavy atom. The fourth-order valence-corrected chi connectivity index (χ4v) is 2.97. The van der Waals surface area contributed by atoms with Gasteiger partial charge in [0.1, 0.15) is 5.82 Å². The average molecular weight is 264 g/mol. The molecule has 0 amide bonds. The van der Waals surface area contributed by atoms with Gasteiger partial charge in [0.25, 0.3) is 0 Å². The fraction of sp³-hybridized carbons (Fsp3) is 0.333. The number of thiophene rings is 1. The maximum Gasteiger partial charge on any atom is 0.126 e. The number of halogens is 1. The van der Waals surface area contributed by atoms with Gasteiger partial charge < -0.3 is 5.11 Å². The molecule has 0 aliphatic rings. The second-order valence-corrected chi connectivity index (χ2v) is 5.63. The zero-order valence-corrected chi connectivity index (χ0v) is 11.2. The predicted molar refractivity (Wildman–Crippen MR) is 73.5 cm³/mol. The molecule has 1 N–H and O–H groups in total. The molecule has 0 aliphatic heterocycles. The summed E-state index contributed by atoms with van der Waals surface area (Å²) in [5.41, 5.74) is 0.581. The van der Waals surface area contributed by atoms with Gasteiger partial charge in [-0.3, -0.25) is 0 Å². The first-order chi connectivity index (χ1) is 8.69. The molecular formula is C15H17FOS. The lowest BCUT2D eigenvalue weighted by atomic mass is 10.0. The first-order valence-corrected chi connectivity index (χ1v) is 6.99. The quantitative estimate of drug-likeness (QED) is 0.875. The third-order valence-electron chi connectivity index (χ3n) is 2.92. The highest BCUT2D eigenvalue weighted by atomic mass is 32.1. The van der Waals surface area contributed by atoms with Gasteiger partial charge in [0.15, 0.2) is 0 Å². The highest BCUT2D eigenvalue weighted by molar-refractivity contribution is 7.11. The number of aryl methyl sites for hydroxylation is 1. The van der Waals surface area contributed by atoms with Crippen molar-refractivity contribution in [3.05, 3.63) is 57.5 Å². The highest BCUT2D eigenvalue weighted by Crippen LogP contribution is 2.20. The van der Waals surface area contributed by atoms with Gasteiger partial charge in [0.2, 0.25) is 0 Å². The van der Waals surface area contributed by atoms with Crippen molar-refractivity contribution in [2.24, 2.45) is 0 Å². The van der Waals surface area contributed by atoms with Gasteiger partial charge in [-0.05, 0) is 30.2 Å². The first-order valence-electron chi connectivity index (χ1n) is 6.18. The molecule has 1 unspecified atom stereocenters. The smallest absolute Gasteiger partial charge is 0.126 e. The van der Waals surface area contributed by atoms with Crippen molar-refractivity contribution < 1.29 is 9.50 Å². The van der Waals surface area contributed by atoms with Gasteiger partial charge in [-0.15, -0.1) is 11.3 Å². The van der Waals surface area contributed by atoms with Crippen LogP contribution in [0, 0.1) is 5.82 Å². The molecule has 1 aromatic carbocycles. The third-order valence-corrected chi connectivity index (χ3v) is 4.17. The maximum atomic E-state index is 13.4. The van der Waals surface area contributed by atoms with E-state index in [1.54, 1.807) is 29.5 Å². The molecule has 2 aromatic rings. The summed E-state index contributed by atoms with van der Waals surface area (Å²) in [7, 11) is 0. The van der Waals surface area contributed by atoms with E-state index in [0.29, 0.717) is 18.4 Å². The lowest BCUT2D eigenvalue weighted by molar-refractivity contribution is 0.175. The third kappa shape index (κ3) is 3.40. The molecule has 1 heterocycles. The molecule has 0 radical (unpaired) electrons. The van der Waals surface area contributed by atoms with E-state index in [1.807, 2.05) is 6.07 Å². The summed E-state index contributed by atoms with van der Waals surface area (Å²) in [5, 5.41) is 10.0. The summed E-state index contributed by atoms with van der Waals surface area (Å²) in [4.78, 5) is 2.48. The van der Waals surface area contributed by atoms with Gasteiger partial charge in [-0.1, -0.05) is 25.1 Å². The highest BCUT2D eigenvalue weighted by Gasteiger charge is 2.11. The SMILES string of the molecule is CCc1ccc(CC(O)Cc2ccccc2F)s1. The monoisotopic (exact) mass is 264 g/mol. The van der Waals surface area contributed by atoms with E-state index in [-0.39, 0.29) is 5.82 Å². The fourth-order valence-electron chi connectivity index (χ4n) is 1.94. The number of hydrogen-bond donors (Lipinski definition) is 1. The molecule has 0 spiro atoms. The Bertz CT molecular complexity index is 507. The molecule has 0 fully saturated rings. The van der Waals surface area contributed by atoms with Crippen LogP contribution in [-0.4, -0.2) is 11.2 Å². The lowest BCUT2D eigenvalue weighted by Gasteiger charge is -2.10. The molecule has 2 rings (SSSR count). The normalized spacial score (nSPS) is 12.6. The molecule has 3 heteroatoms. The molecule has 1 aromatic heterocycles. The van der Waals surface area contributed by atoms with Crippen molar-refractivity contribution >= 4 is 11.3 Å². The number of benzene rings is 1. The van der Waals surface area contributed by atoms with Crippen molar-refractivity contribution in [1.29, 1.82) is 0 Å². The van der Waals surface area contributed by atoms with E-state index in [2.05, 4.69) is 13.0 Å². The summed E-state index contributed by atoms with van der Waals surface area (Å²) < 4.78 is 13.4. The Balaban J connectivity index is 1.96. The largest absolute Gasteiger partial charge is 0.392 e. The summed E-state index contributed by atoms with van der Waals surface area (Å²) in [5.74, 6) is -0.239. The van der Waals surface area contributed by atoms with E-state index in [0.717, 1.165) is 11.3 Å². The lowest BCUT2D eigenvalue weighted by Crippen LogP contribution is -2.14. The minimum Gasteiger partial charge on any atom is -0.392 e. The zero-order valence-electron chi connectivity index (χ0n) is 10.4. The van der Waals surface area contributed by atoms with E-state index < -0.39 is 6.10 Å². The molecule has 0 saturated heterocycles. The molecule has 1 atom stereocenters. The summed E-state index contributed by atoms with van der Waals surface area (Å²) >= 11 is 1.72. The Morgan fingerprint density at radius 3 is 2.50 bits per heavy atom. The van der Waals surface area contributed by atoms with Gasteiger partial charge in [-0.2, -0.15) is 0 Å². The molecule has 0 saturated carbocycles. The number of rotatable bonds is 5. The van der Waals surface area contributed by atoms with Crippen LogP contribution in [0.15, 0.2) is 36.4 Å². The summed E-state index contributed by atoms with van der Waals surface area (Å²) in [6.45, 7) is 2.12. The molecule has 0 bridgehead atoms. The van der Waals surface area contributed by atoms with Crippen molar-refractivity contribution in [3.63, 3.8) is 0 Å². The van der Waals surface area contributed by atoms with Gasteiger partial charge in [0, 0.05) is 22.6 Å². The van der Waals surface area contributed by atoms with Crippen LogP contribution in [0.2, 0.25) is 0 Å². The first kappa shape index (κ1) is 13.2. The topological polar surface area (TPSA) is 20.2 Å². The van der Waals surface area contributed by atoms with Crippen molar-refractivity contribution in [1.82, 2.24) is 0 Å². The van der Waals surface area contributed by atoms with E-state index >= 15 is 0 Å². The van der Waals surface area contributed by atoms with Crippen molar-refractivity contribution in [3.8, 4) is 0 Å². The summed E-state index contributed by atoms with van der Waals surface area (Å²) in [6, 6.07) is 10.8. The van der Waals surface area contributed by atoms with E-state index in [1.165, 1.54) is 10.9 Å². The molecular weight excluding hydrogens is 247 g/mol. The maximum absolute atomic E-state index is 13.4.